The molecule has 5 heteroatoms. The largest absolute Gasteiger partial charge is 0.491 e. The smallest absolute Gasteiger partial charge is 0.133 e. The molecule has 1 saturated heterocycles. The Hall–Kier alpha value is -0.290. The van der Waals surface area contributed by atoms with Crippen LogP contribution in [0.15, 0.2) is 22.7 Å². The summed E-state index contributed by atoms with van der Waals surface area (Å²) in [6, 6.07) is 6.10. The van der Waals surface area contributed by atoms with Gasteiger partial charge in [0.15, 0.2) is 0 Å². The second kappa shape index (κ2) is 7.34. The van der Waals surface area contributed by atoms with E-state index in [4.69, 9.17) is 21.1 Å². The minimum absolute atomic E-state index is 0.566. The maximum atomic E-state index is 5.87. The van der Waals surface area contributed by atoms with Gasteiger partial charge in [-0.05, 0) is 47.0 Å². The summed E-state index contributed by atoms with van der Waals surface area (Å²) in [4.78, 5) is 0. The lowest BCUT2D eigenvalue weighted by Gasteiger charge is -2.23. The molecule has 1 aliphatic rings. The Morgan fingerprint density at radius 2 is 2.17 bits per heavy atom. The molecule has 0 saturated carbocycles. The van der Waals surface area contributed by atoms with Gasteiger partial charge in [-0.1, -0.05) is 11.6 Å². The molecule has 0 spiro atoms. The van der Waals surface area contributed by atoms with E-state index in [-0.39, 0.29) is 0 Å². The predicted octanol–water partition coefficient (Wildman–Crippen LogP) is 3.25. The number of halogens is 2. The van der Waals surface area contributed by atoms with Crippen molar-refractivity contribution in [3.8, 4) is 5.75 Å². The van der Waals surface area contributed by atoms with Crippen LogP contribution in [-0.4, -0.2) is 32.4 Å². The zero-order valence-electron chi connectivity index (χ0n) is 10.1. The van der Waals surface area contributed by atoms with Gasteiger partial charge in [0.2, 0.25) is 0 Å². The average molecular weight is 335 g/mol. The maximum Gasteiger partial charge on any atom is 0.133 e. The summed E-state index contributed by atoms with van der Waals surface area (Å²) < 4.78 is 11.9. The molecule has 0 amide bonds. The van der Waals surface area contributed by atoms with Gasteiger partial charge in [-0.15, -0.1) is 0 Å². The molecule has 18 heavy (non-hydrogen) atoms. The number of hydrogen-bond acceptors (Lipinski definition) is 3. The molecule has 1 aromatic carbocycles. The Balaban J connectivity index is 1.68. The zero-order valence-corrected chi connectivity index (χ0v) is 12.5. The SMILES string of the molecule is Clc1ccc(OCCNC2CCOCC2)c(Br)c1. The van der Waals surface area contributed by atoms with Crippen molar-refractivity contribution in [2.45, 2.75) is 18.9 Å². The Morgan fingerprint density at radius 1 is 1.39 bits per heavy atom. The van der Waals surface area contributed by atoms with E-state index in [0.29, 0.717) is 17.7 Å². The molecule has 0 aromatic heterocycles. The molecule has 100 valence electrons. The van der Waals surface area contributed by atoms with E-state index in [1.165, 1.54) is 0 Å². The number of ether oxygens (including phenoxy) is 2. The number of rotatable bonds is 5. The van der Waals surface area contributed by atoms with Crippen LogP contribution in [0.1, 0.15) is 12.8 Å². The molecule has 0 radical (unpaired) electrons. The van der Waals surface area contributed by atoms with Crippen LogP contribution < -0.4 is 10.1 Å². The number of nitrogens with one attached hydrogen (secondary N) is 1. The van der Waals surface area contributed by atoms with Gasteiger partial charge in [0.05, 0.1) is 4.47 Å². The third-order valence-corrected chi connectivity index (χ3v) is 3.76. The summed E-state index contributed by atoms with van der Waals surface area (Å²) in [6.07, 6.45) is 2.18. The van der Waals surface area contributed by atoms with E-state index in [1.54, 1.807) is 0 Å². The van der Waals surface area contributed by atoms with Gasteiger partial charge in [0, 0.05) is 30.8 Å². The van der Waals surface area contributed by atoms with Gasteiger partial charge in [-0.2, -0.15) is 0 Å². The van der Waals surface area contributed by atoms with E-state index < -0.39 is 0 Å². The topological polar surface area (TPSA) is 30.5 Å². The van der Waals surface area contributed by atoms with Crippen LogP contribution in [-0.2, 0) is 4.74 Å². The minimum Gasteiger partial charge on any atom is -0.491 e. The summed E-state index contributed by atoms with van der Waals surface area (Å²) in [5, 5.41) is 4.18. The number of benzene rings is 1. The Bertz CT molecular complexity index is 383. The number of hydrogen-bond donors (Lipinski definition) is 1. The summed E-state index contributed by atoms with van der Waals surface area (Å²) in [5.74, 6) is 0.827. The van der Waals surface area contributed by atoms with E-state index in [1.807, 2.05) is 18.2 Å². The highest BCUT2D eigenvalue weighted by Gasteiger charge is 2.12. The van der Waals surface area contributed by atoms with Crippen LogP contribution in [0.2, 0.25) is 5.02 Å². The van der Waals surface area contributed by atoms with Crippen molar-refractivity contribution in [1.82, 2.24) is 5.32 Å². The zero-order chi connectivity index (χ0) is 12.8. The van der Waals surface area contributed by atoms with Crippen molar-refractivity contribution in [1.29, 1.82) is 0 Å². The van der Waals surface area contributed by atoms with E-state index in [0.717, 1.165) is 42.8 Å². The van der Waals surface area contributed by atoms with Crippen LogP contribution in [0.4, 0.5) is 0 Å². The molecule has 0 bridgehead atoms. The summed E-state index contributed by atoms with van der Waals surface area (Å²) in [5.41, 5.74) is 0. The Morgan fingerprint density at radius 3 is 2.89 bits per heavy atom. The van der Waals surface area contributed by atoms with Crippen molar-refractivity contribution >= 4 is 27.5 Å². The van der Waals surface area contributed by atoms with Crippen molar-refractivity contribution < 1.29 is 9.47 Å². The molecular formula is C13H17BrClNO2. The minimum atomic E-state index is 0.566. The van der Waals surface area contributed by atoms with Gasteiger partial charge in [0.25, 0.3) is 0 Å². The van der Waals surface area contributed by atoms with Crippen LogP contribution in [0.3, 0.4) is 0 Å². The molecule has 2 rings (SSSR count). The molecule has 1 fully saturated rings. The maximum absolute atomic E-state index is 5.87. The first-order valence-electron chi connectivity index (χ1n) is 6.14. The van der Waals surface area contributed by atoms with Gasteiger partial charge in [-0.3, -0.25) is 0 Å². The summed E-state index contributed by atoms with van der Waals surface area (Å²) >= 11 is 9.30. The van der Waals surface area contributed by atoms with E-state index in [9.17, 15) is 0 Å². The summed E-state index contributed by atoms with van der Waals surface area (Å²) in [7, 11) is 0. The summed E-state index contributed by atoms with van der Waals surface area (Å²) in [6.45, 7) is 3.22. The molecule has 0 aliphatic carbocycles. The first-order valence-corrected chi connectivity index (χ1v) is 7.32. The standard InChI is InChI=1S/C13H17BrClNO2/c14-12-9-10(15)1-2-13(12)18-8-5-16-11-3-6-17-7-4-11/h1-2,9,11,16H,3-8H2. The highest BCUT2D eigenvalue weighted by atomic mass is 79.9. The molecule has 1 aliphatic heterocycles. The van der Waals surface area contributed by atoms with E-state index >= 15 is 0 Å². The molecular weight excluding hydrogens is 318 g/mol. The second-order valence-corrected chi connectivity index (χ2v) is 5.55. The molecule has 1 aromatic rings. The Labute approximate surface area is 121 Å². The van der Waals surface area contributed by atoms with Gasteiger partial charge in [-0.25, -0.2) is 0 Å². The third-order valence-electron chi connectivity index (χ3n) is 2.91. The van der Waals surface area contributed by atoms with Crippen molar-refractivity contribution in [2.24, 2.45) is 0 Å². The lowest BCUT2D eigenvalue weighted by Crippen LogP contribution is -2.37. The monoisotopic (exact) mass is 333 g/mol. The molecule has 1 heterocycles. The lowest BCUT2D eigenvalue weighted by molar-refractivity contribution is 0.0770. The predicted molar refractivity (Wildman–Crippen MR) is 76.5 cm³/mol. The molecule has 1 N–H and O–H groups in total. The van der Waals surface area contributed by atoms with E-state index in [2.05, 4.69) is 21.2 Å². The van der Waals surface area contributed by atoms with Crippen molar-refractivity contribution in [3.63, 3.8) is 0 Å². The quantitative estimate of drug-likeness (QED) is 0.839. The third kappa shape index (κ3) is 4.43. The van der Waals surface area contributed by atoms with Crippen molar-refractivity contribution in [3.05, 3.63) is 27.7 Å². The van der Waals surface area contributed by atoms with Gasteiger partial charge < -0.3 is 14.8 Å². The van der Waals surface area contributed by atoms with Crippen LogP contribution in [0.5, 0.6) is 5.75 Å². The van der Waals surface area contributed by atoms with Crippen LogP contribution in [0, 0.1) is 0 Å². The normalized spacial score (nSPS) is 16.8. The van der Waals surface area contributed by atoms with Crippen molar-refractivity contribution in [2.75, 3.05) is 26.4 Å². The van der Waals surface area contributed by atoms with Gasteiger partial charge in [0.1, 0.15) is 12.4 Å². The molecule has 3 nitrogen and oxygen atoms in total. The highest BCUT2D eigenvalue weighted by molar-refractivity contribution is 9.10. The second-order valence-electron chi connectivity index (χ2n) is 4.26. The molecule has 0 atom stereocenters. The fraction of sp³-hybridized carbons (Fsp3) is 0.538. The first kappa shape index (κ1) is 14.1. The molecule has 0 unspecified atom stereocenters. The first-order chi connectivity index (χ1) is 8.75. The highest BCUT2D eigenvalue weighted by Crippen LogP contribution is 2.27. The van der Waals surface area contributed by atoms with Crippen LogP contribution in [0.25, 0.3) is 0 Å². The average Bonchev–Trinajstić information content (AvgIpc) is 2.38. The Kier molecular flexibility index (Phi) is 5.76. The van der Waals surface area contributed by atoms with Gasteiger partial charge >= 0.3 is 0 Å². The lowest BCUT2D eigenvalue weighted by atomic mass is 10.1. The fourth-order valence-electron chi connectivity index (χ4n) is 1.92. The van der Waals surface area contributed by atoms with Crippen LogP contribution >= 0.6 is 27.5 Å². The fourth-order valence-corrected chi connectivity index (χ4v) is 2.72.